The van der Waals surface area contributed by atoms with E-state index in [0.29, 0.717) is 5.91 Å². The van der Waals surface area contributed by atoms with Crippen LogP contribution in [0.5, 0.6) is 0 Å². The van der Waals surface area contributed by atoms with E-state index in [0.717, 1.165) is 25.4 Å². The molecule has 1 N–H and O–H groups in total. The molecule has 17 heavy (non-hydrogen) atoms. The SMILES string of the molecule is CN(CC1CCC1)C(=O)C1(C)CCCCN1.Cl. The van der Waals surface area contributed by atoms with Gasteiger partial charge in [0.2, 0.25) is 5.91 Å². The van der Waals surface area contributed by atoms with E-state index in [4.69, 9.17) is 0 Å². The van der Waals surface area contributed by atoms with Gasteiger partial charge >= 0.3 is 0 Å². The summed E-state index contributed by atoms with van der Waals surface area (Å²) < 4.78 is 0. The standard InChI is InChI=1S/C13H24N2O.ClH/c1-13(8-3-4-9-14-13)12(16)15(2)10-11-6-5-7-11;/h11,14H,3-10H2,1-2H3;1H. The quantitative estimate of drug-likeness (QED) is 0.844. The molecule has 1 aliphatic heterocycles. The monoisotopic (exact) mass is 260 g/mol. The molecule has 0 bridgehead atoms. The Labute approximate surface area is 111 Å². The summed E-state index contributed by atoms with van der Waals surface area (Å²) in [5.74, 6) is 1.06. The second kappa shape index (κ2) is 6.05. The summed E-state index contributed by atoms with van der Waals surface area (Å²) in [6.45, 7) is 4.00. The number of nitrogens with zero attached hydrogens (tertiary/aromatic N) is 1. The molecule has 1 heterocycles. The van der Waals surface area contributed by atoms with Crippen LogP contribution in [0.2, 0.25) is 0 Å². The number of carbonyl (C=O) groups excluding carboxylic acids is 1. The van der Waals surface area contributed by atoms with Crippen molar-refractivity contribution in [3.8, 4) is 0 Å². The molecule has 3 nitrogen and oxygen atoms in total. The van der Waals surface area contributed by atoms with Crippen molar-refractivity contribution in [3.63, 3.8) is 0 Å². The molecular formula is C13H25ClN2O. The molecule has 0 aromatic heterocycles. The molecule has 0 radical (unpaired) electrons. The Bertz CT molecular complexity index is 260. The lowest BCUT2D eigenvalue weighted by Gasteiger charge is -2.39. The third-order valence-corrected chi connectivity index (χ3v) is 4.19. The Kier molecular flexibility index (Phi) is 5.26. The molecule has 0 aromatic carbocycles. The van der Waals surface area contributed by atoms with Gasteiger partial charge in [-0.1, -0.05) is 6.42 Å². The number of rotatable bonds is 3. The number of amides is 1. The number of piperidine rings is 1. The number of hydrogen-bond acceptors (Lipinski definition) is 2. The summed E-state index contributed by atoms with van der Waals surface area (Å²) in [6.07, 6.45) is 7.33. The zero-order valence-corrected chi connectivity index (χ0v) is 11.8. The predicted molar refractivity (Wildman–Crippen MR) is 72.5 cm³/mol. The van der Waals surface area contributed by atoms with E-state index in [2.05, 4.69) is 12.2 Å². The van der Waals surface area contributed by atoms with E-state index in [9.17, 15) is 4.79 Å². The molecule has 1 saturated carbocycles. The zero-order valence-electron chi connectivity index (χ0n) is 11.0. The van der Waals surface area contributed by atoms with Crippen molar-refractivity contribution >= 4 is 18.3 Å². The highest BCUT2D eigenvalue weighted by molar-refractivity contribution is 5.86. The second-order valence-electron chi connectivity index (χ2n) is 5.70. The molecule has 1 unspecified atom stereocenters. The maximum Gasteiger partial charge on any atom is 0.242 e. The topological polar surface area (TPSA) is 32.3 Å². The third-order valence-electron chi connectivity index (χ3n) is 4.19. The summed E-state index contributed by atoms with van der Waals surface area (Å²) in [7, 11) is 1.96. The fourth-order valence-corrected chi connectivity index (χ4v) is 2.81. The molecule has 2 rings (SSSR count). The number of halogens is 1. The van der Waals surface area contributed by atoms with Gasteiger partial charge < -0.3 is 10.2 Å². The molecule has 4 heteroatoms. The summed E-state index contributed by atoms with van der Waals surface area (Å²) in [5.41, 5.74) is -0.295. The highest BCUT2D eigenvalue weighted by Crippen LogP contribution is 2.28. The number of nitrogens with one attached hydrogen (secondary N) is 1. The van der Waals surface area contributed by atoms with Gasteiger partial charge in [-0.05, 0) is 51.5 Å². The summed E-state index contributed by atoms with van der Waals surface area (Å²) in [4.78, 5) is 14.3. The summed E-state index contributed by atoms with van der Waals surface area (Å²) in [5, 5.41) is 3.39. The number of carbonyl (C=O) groups is 1. The van der Waals surface area contributed by atoms with E-state index in [1.165, 1.54) is 32.1 Å². The van der Waals surface area contributed by atoms with Crippen LogP contribution in [0, 0.1) is 5.92 Å². The van der Waals surface area contributed by atoms with Crippen LogP contribution in [0.15, 0.2) is 0 Å². The summed E-state index contributed by atoms with van der Waals surface area (Å²) in [6, 6.07) is 0. The van der Waals surface area contributed by atoms with E-state index >= 15 is 0 Å². The Morgan fingerprint density at radius 3 is 2.53 bits per heavy atom. The highest BCUT2D eigenvalue weighted by atomic mass is 35.5. The van der Waals surface area contributed by atoms with Crippen molar-refractivity contribution in [2.45, 2.75) is 51.0 Å². The molecule has 0 spiro atoms. The first-order valence-corrected chi connectivity index (χ1v) is 6.62. The van der Waals surface area contributed by atoms with Gasteiger partial charge in [-0.25, -0.2) is 0 Å². The number of likely N-dealkylation sites (N-methyl/N-ethyl adjacent to an activating group) is 1. The van der Waals surface area contributed by atoms with Crippen LogP contribution in [0.1, 0.15) is 45.4 Å². The minimum Gasteiger partial charge on any atom is -0.344 e. The Balaban J connectivity index is 0.00000144. The zero-order chi connectivity index (χ0) is 11.6. The van der Waals surface area contributed by atoms with Crippen LogP contribution in [0.4, 0.5) is 0 Å². The van der Waals surface area contributed by atoms with E-state index in [1.54, 1.807) is 0 Å². The van der Waals surface area contributed by atoms with Gasteiger partial charge in [0.05, 0.1) is 5.54 Å². The molecule has 1 amide bonds. The van der Waals surface area contributed by atoms with Gasteiger partial charge in [-0.3, -0.25) is 4.79 Å². The summed E-state index contributed by atoms with van der Waals surface area (Å²) >= 11 is 0. The average molecular weight is 261 g/mol. The minimum atomic E-state index is -0.295. The van der Waals surface area contributed by atoms with Gasteiger partial charge in [-0.2, -0.15) is 0 Å². The highest BCUT2D eigenvalue weighted by Gasteiger charge is 2.37. The largest absolute Gasteiger partial charge is 0.344 e. The predicted octanol–water partition coefficient (Wildman–Crippen LogP) is 2.20. The smallest absolute Gasteiger partial charge is 0.242 e. The van der Waals surface area contributed by atoms with Crippen LogP contribution in [0.3, 0.4) is 0 Å². The van der Waals surface area contributed by atoms with Crippen molar-refractivity contribution < 1.29 is 4.79 Å². The first-order chi connectivity index (χ1) is 7.62. The molecule has 0 aromatic rings. The normalized spacial score (nSPS) is 29.1. The van der Waals surface area contributed by atoms with Crippen molar-refractivity contribution in [1.29, 1.82) is 0 Å². The van der Waals surface area contributed by atoms with E-state index in [-0.39, 0.29) is 17.9 Å². The molecule has 100 valence electrons. The van der Waals surface area contributed by atoms with E-state index < -0.39 is 0 Å². The van der Waals surface area contributed by atoms with Crippen LogP contribution in [0.25, 0.3) is 0 Å². The lowest BCUT2D eigenvalue weighted by Crippen LogP contribution is -2.57. The number of hydrogen-bond donors (Lipinski definition) is 1. The lowest BCUT2D eigenvalue weighted by molar-refractivity contribution is -0.138. The minimum absolute atomic E-state index is 0. The van der Waals surface area contributed by atoms with Gasteiger partial charge in [0.25, 0.3) is 0 Å². The van der Waals surface area contributed by atoms with Crippen molar-refractivity contribution in [1.82, 2.24) is 10.2 Å². The lowest BCUT2D eigenvalue weighted by atomic mass is 9.84. The van der Waals surface area contributed by atoms with Crippen LogP contribution >= 0.6 is 12.4 Å². The Hall–Kier alpha value is -0.280. The maximum absolute atomic E-state index is 12.4. The van der Waals surface area contributed by atoms with Crippen LogP contribution in [-0.4, -0.2) is 36.5 Å². The van der Waals surface area contributed by atoms with Crippen LogP contribution in [-0.2, 0) is 4.79 Å². The Morgan fingerprint density at radius 1 is 1.35 bits per heavy atom. The molecule has 1 atom stereocenters. The van der Waals surface area contributed by atoms with Crippen molar-refractivity contribution in [2.24, 2.45) is 5.92 Å². The molecular weight excluding hydrogens is 236 g/mol. The van der Waals surface area contributed by atoms with Gasteiger partial charge in [-0.15, -0.1) is 12.4 Å². The van der Waals surface area contributed by atoms with Gasteiger partial charge in [0.1, 0.15) is 0 Å². The molecule has 1 saturated heterocycles. The third kappa shape index (κ3) is 3.35. The van der Waals surface area contributed by atoms with Gasteiger partial charge in [0.15, 0.2) is 0 Å². The van der Waals surface area contributed by atoms with Crippen LogP contribution < -0.4 is 5.32 Å². The Morgan fingerprint density at radius 2 is 2.06 bits per heavy atom. The van der Waals surface area contributed by atoms with Crippen molar-refractivity contribution in [2.75, 3.05) is 20.1 Å². The first kappa shape index (κ1) is 14.8. The first-order valence-electron chi connectivity index (χ1n) is 6.62. The molecule has 2 aliphatic rings. The van der Waals surface area contributed by atoms with Crippen molar-refractivity contribution in [3.05, 3.63) is 0 Å². The molecule has 1 aliphatic carbocycles. The average Bonchev–Trinajstić information content (AvgIpc) is 2.23. The maximum atomic E-state index is 12.4. The fraction of sp³-hybridized carbons (Fsp3) is 0.923. The fourth-order valence-electron chi connectivity index (χ4n) is 2.81. The molecule has 2 fully saturated rings. The second-order valence-corrected chi connectivity index (χ2v) is 5.70. The van der Waals surface area contributed by atoms with Gasteiger partial charge in [0, 0.05) is 13.6 Å². The van der Waals surface area contributed by atoms with E-state index in [1.807, 2.05) is 11.9 Å².